The Bertz CT molecular complexity index is 948. The van der Waals surface area contributed by atoms with E-state index in [4.69, 9.17) is 4.74 Å². The standard InChI is InChI=1S/C25H31F3O5/c1-13(29)32-16-7-9-23(3)15(11-16)5-6-17-19(23)8-10-24(4)20(17)12-18(21(24)31)22(25(26,27)28)33-14(2)30/h5,16-17,19-20H,6-12H2,1-4H3/b22-18-/t16-,17+,19+,20-,23-,24-/m0/s1. The van der Waals surface area contributed by atoms with E-state index in [9.17, 15) is 27.6 Å². The predicted molar refractivity (Wildman–Crippen MR) is 112 cm³/mol. The summed E-state index contributed by atoms with van der Waals surface area (Å²) in [5.41, 5.74) is -0.117. The molecule has 0 radical (unpaired) electrons. The van der Waals surface area contributed by atoms with Crippen LogP contribution in [-0.2, 0) is 23.9 Å². The molecule has 0 aliphatic heterocycles. The van der Waals surface area contributed by atoms with Crippen LogP contribution >= 0.6 is 0 Å². The van der Waals surface area contributed by atoms with Crippen molar-refractivity contribution in [1.82, 2.24) is 0 Å². The molecule has 3 saturated carbocycles. The lowest BCUT2D eigenvalue weighted by molar-refractivity contribution is -0.159. The number of hydrogen-bond donors (Lipinski definition) is 0. The summed E-state index contributed by atoms with van der Waals surface area (Å²) in [5.74, 6) is -3.23. The van der Waals surface area contributed by atoms with Crippen molar-refractivity contribution < 1.29 is 37.0 Å². The van der Waals surface area contributed by atoms with Crippen LogP contribution < -0.4 is 0 Å². The molecule has 0 saturated heterocycles. The first-order chi connectivity index (χ1) is 15.3. The van der Waals surface area contributed by atoms with Crippen LogP contribution in [0.15, 0.2) is 23.0 Å². The lowest BCUT2D eigenvalue weighted by Crippen LogP contribution is -2.50. The van der Waals surface area contributed by atoms with Gasteiger partial charge in [0, 0.05) is 31.3 Å². The van der Waals surface area contributed by atoms with Crippen LogP contribution in [0.25, 0.3) is 0 Å². The molecule has 4 aliphatic rings. The van der Waals surface area contributed by atoms with Crippen LogP contribution in [0.1, 0.15) is 72.6 Å². The molecule has 5 nitrogen and oxygen atoms in total. The van der Waals surface area contributed by atoms with Gasteiger partial charge >= 0.3 is 18.1 Å². The fourth-order valence-corrected chi connectivity index (χ4v) is 7.23. The van der Waals surface area contributed by atoms with Crippen molar-refractivity contribution >= 4 is 17.7 Å². The quantitative estimate of drug-likeness (QED) is 0.234. The van der Waals surface area contributed by atoms with Gasteiger partial charge in [0.25, 0.3) is 0 Å². The summed E-state index contributed by atoms with van der Waals surface area (Å²) in [6, 6.07) is 0. The van der Waals surface area contributed by atoms with E-state index in [2.05, 4.69) is 17.7 Å². The molecule has 0 heterocycles. The van der Waals surface area contributed by atoms with E-state index in [1.165, 1.54) is 12.5 Å². The van der Waals surface area contributed by atoms with Crippen molar-refractivity contribution in [3.63, 3.8) is 0 Å². The summed E-state index contributed by atoms with van der Waals surface area (Å²) in [7, 11) is 0. The Morgan fingerprint density at radius 1 is 1.00 bits per heavy atom. The topological polar surface area (TPSA) is 69.7 Å². The second-order valence-corrected chi connectivity index (χ2v) is 10.6. The first kappa shape index (κ1) is 24.0. The van der Waals surface area contributed by atoms with Gasteiger partial charge in [-0.15, -0.1) is 0 Å². The number of allylic oxidation sites excluding steroid dienone is 3. The van der Waals surface area contributed by atoms with Gasteiger partial charge in [-0.05, 0) is 61.7 Å². The van der Waals surface area contributed by atoms with Crippen LogP contribution in [0.4, 0.5) is 13.2 Å². The van der Waals surface area contributed by atoms with E-state index >= 15 is 0 Å². The molecule has 0 aromatic carbocycles. The third kappa shape index (κ3) is 3.93. The minimum Gasteiger partial charge on any atom is -0.462 e. The monoisotopic (exact) mass is 468 g/mol. The zero-order valence-electron chi connectivity index (χ0n) is 19.5. The zero-order valence-corrected chi connectivity index (χ0v) is 19.5. The molecule has 0 unspecified atom stereocenters. The van der Waals surface area contributed by atoms with E-state index in [0.29, 0.717) is 19.3 Å². The van der Waals surface area contributed by atoms with Gasteiger partial charge in [0.1, 0.15) is 6.10 Å². The Morgan fingerprint density at radius 3 is 2.27 bits per heavy atom. The molecule has 3 fully saturated rings. The third-order valence-electron chi connectivity index (χ3n) is 8.78. The molecule has 0 spiro atoms. The van der Waals surface area contributed by atoms with Crippen molar-refractivity contribution in [2.75, 3.05) is 0 Å². The number of esters is 2. The molecular weight excluding hydrogens is 437 g/mol. The molecular formula is C25H31F3O5. The lowest BCUT2D eigenvalue weighted by atomic mass is 9.48. The highest BCUT2D eigenvalue weighted by Gasteiger charge is 2.61. The maximum absolute atomic E-state index is 13.7. The average molecular weight is 469 g/mol. The molecule has 0 amide bonds. The number of fused-ring (bicyclic) bond motifs is 5. The van der Waals surface area contributed by atoms with Crippen molar-refractivity contribution in [3.8, 4) is 0 Å². The average Bonchev–Trinajstić information content (AvgIpc) is 2.96. The van der Waals surface area contributed by atoms with Gasteiger partial charge in [-0.1, -0.05) is 25.5 Å². The summed E-state index contributed by atoms with van der Waals surface area (Å²) in [6.45, 7) is 6.32. The van der Waals surface area contributed by atoms with E-state index in [-0.39, 0.29) is 47.2 Å². The molecule has 4 rings (SSSR count). The van der Waals surface area contributed by atoms with Crippen LogP contribution in [0.2, 0.25) is 0 Å². The van der Waals surface area contributed by atoms with Gasteiger partial charge in [0.15, 0.2) is 5.78 Å². The van der Waals surface area contributed by atoms with Crippen LogP contribution in [-0.4, -0.2) is 30.0 Å². The van der Waals surface area contributed by atoms with Gasteiger partial charge in [0.2, 0.25) is 5.76 Å². The van der Waals surface area contributed by atoms with Crippen molar-refractivity contribution in [1.29, 1.82) is 0 Å². The number of ether oxygens (including phenoxy) is 2. The number of ketones is 1. The summed E-state index contributed by atoms with van der Waals surface area (Å²) in [5, 5.41) is 0. The molecule has 0 N–H and O–H groups in total. The number of halogens is 3. The number of carbonyl (C=O) groups excluding carboxylic acids is 3. The SMILES string of the molecule is CC(=O)O/C(=C1/C[C@H]2[C@@H]3CC=C4C[C@@H](OC(C)=O)CC[C@]4(C)[C@@H]3CC[C@]2(C)C1=O)C(F)(F)F. The maximum Gasteiger partial charge on any atom is 0.450 e. The molecule has 0 aromatic rings. The van der Waals surface area contributed by atoms with E-state index in [1.807, 2.05) is 0 Å². The highest BCUT2D eigenvalue weighted by atomic mass is 19.4. The van der Waals surface area contributed by atoms with Gasteiger partial charge in [-0.3, -0.25) is 14.4 Å². The Morgan fingerprint density at radius 2 is 1.67 bits per heavy atom. The Kier molecular flexibility index (Phi) is 5.81. The number of carbonyl (C=O) groups is 3. The molecule has 8 heteroatoms. The molecule has 0 aromatic heterocycles. The number of Topliss-reactive ketones (excluding diaryl/α,β-unsaturated/α-hetero) is 1. The first-order valence-corrected chi connectivity index (χ1v) is 11.7. The summed E-state index contributed by atoms with van der Waals surface area (Å²) >= 11 is 0. The Hall–Kier alpha value is -2.12. The van der Waals surface area contributed by atoms with Gasteiger partial charge < -0.3 is 9.47 Å². The fraction of sp³-hybridized carbons (Fsp3) is 0.720. The Labute approximate surface area is 191 Å². The first-order valence-electron chi connectivity index (χ1n) is 11.7. The van der Waals surface area contributed by atoms with Gasteiger partial charge in [-0.2, -0.15) is 13.2 Å². The maximum atomic E-state index is 13.7. The predicted octanol–water partition coefficient (Wildman–Crippen LogP) is 5.44. The highest BCUT2D eigenvalue weighted by molar-refractivity contribution is 6.03. The van der Waals surface area contributed by atoms with Crippen LogP contribution in [0.3, 0.4) is 0 Å². The normalized spacial score (nSPS) is 39.6. The molecule has 4 aliphatic carbocycles. The van der Waals surface area contributed by atoms with Crippen molar-refractivity contribution in [2.45, 2.75) is 84.9 Å². The highest BCUT2D eigenvalue weighted by Crippen LogP contribution is 2.65. The lowest BCUT2D eigenvalue weighted by Gasteiger charge is -2.56. The Balaban J connectivity index is 1.67. The van der Waals surface area contributed by atoms with Crippen LogP contribution in [0, 0.1) is 28.6 Å². The second kappa shape index (κ2) is 7.98. The molecule has 0 bridgehead atoms. The second-order valence-electron chi connectivity index (χ2n) is 10.6. The largest absolute Gasteiger partial charge is 0.462 e. The van der Waals surface area contributed by atoms with Gasteiger partial charge in [-0.25, -0.2) is 0 Å². The molecule has 33 heavy (non-hydrogen) atoms. The smallest absolute Gasteiger partial charge is 0.450 e. The number of rotatable bonds is 2. The van der Waals surface area contributed by atoms with Gasteiger partial charge in [0.05, 0.1) is 0 Å². The van der Waals surface area contributed by atoms with E-state index < -0.39 is 29.1 Å². The molecule has 182 valence electrons. The zero-order chi connectivity index (χ0) is 24.3. The van der Waals surface area contributed by atoms with Crippen molar-refractivity contribution in [2.24, 2.45) is 28.6 Å². The number of hydrogen-bond acceptors (Lipinski definition) is 5. The van der Waals surface area contributed by atoms with E-state index in [1.54, 1.807) is 6.92 Å². The summed E-state index contributed by atoms with van der Waals surface area (Å²) in [4.78, 5) is 36.1. The minimum absolute atomic E-state index is 0.0199. The van der Waals surface area contributed by atoms with Crippen molar-refractivity contribution in [3.05, 3.63) is 23.0 Å². The summed E-state index contributed by atoms with van der Waals surface area (Å²) < 4.78 is 51.1. The molecule has 6 atom stereocenters. The minimum atomic E-state index is -4.90. The number of alkyl halides is 3. The third-order valence-corrected chi connectivity index (χ3v) is 8.78. The van der Waals surface area contributed by atoms with E-state index in [0.717, 1.165) is 26.2 Å². The van der Waals surface area contributed by atoms with Crippen LogP contribution in [0.5, 0.6) is 0 Å². The summed E-state index contributed by atoms with van der Waals surface area (Å²) in [6.07, 6.45) is 1.38. The fourth-order valence-electron chi connectivity index (χ4n) is 7.23.